The lowest BCUT2D eigenvalue weighted by Gasteiger charge is -2.08. The smallest absolute Gasteiger partial charge is 0.0660 e. The Morgan fingerprint density at radius 1 is 1.64 bits per heavy atom. The Labute approximate surface area is 98.0 Å². The Balaban J connectivity index is 2.64. The largest absolute Gasteiger partial charge is 0.300 e. The zero-order valence-electron chi connectivity index (χ0n) is 7.85. The van der Waals surface area contributed by atoms with Crippen molar-refractivity contribution in [2.75, 3.05) is 0 Å². The monoisotopic (exact) mass is 271 g/mol. The summed E-state index contributed by atoms with van der Waals surface area (Å²) in [5.41, 5.74) is 1.05. The minimum absolute atomic E-state index is 0.0645. The normalized spacial score (nSPS) is 12.1. The number of benzene rings is 1. The first-order chi connectivity index (χ1) is 6.63. The van der Waals surface area contributed by atoms with Crippen LogP contribution in [-0.4, -0.2) is 6.04 Å². The second-order valence-corrected chi connectivity index (χ2v) is 4.33. The molecule has 0 aliphatic rings. The van der Waals surface area contributed by atoms with Gasteiger partial charge in [-0.1, -0.05) is 39.5 Å². The van der Waals surface area contributed by atoms with E-state index in [1.165, 1.54) is 0 Å². The van der Waals surface area contributed by atoms with Crippen LogP contribution in [0.2, 0.25) is 5.02 Å². The molecule has 1 unspecified atom stereocenters. The molecule has 0 bridgehead atoms. The van der Waals surface area contributed by atoms with Crippen molar-refractivity contribution >= 4 is 27.5 Å². The minimum Gasteiger partial charge on any atom is -0.300 e. The van der Waals surface area contributed by atoms with Gasteiger partial charge < -0.3 is 0 Å². The summed E-state index contributed by atoms with van der Waals surface area (Å²) in [6, 6.07) is 5.88. The number of rotatable bonds is 3. The lowest BCUT2D eigenvalue weighted by Crippen LogP contribution is -2.23. The molecule has 0 saturated carbocycles. The molecule has 1 aromatic carbocycles. The summed E-state index contributed by atoms with van der Waals surface area (Å²) >= 11 is 9.39. The van der Waals surface area contributed by atoms with Crippen molar-refractivity contribution in [2.24, 2.45) is 0 Å². The first-order valence-electron chi connectivity index (χ1n) is 4.27. The maximum absolute atomic E-state index is 6.03. The summed E-state index contributed by atoms with van der Waals surface area (Å²) in [5.74, 6) is 2.60. The van der Waals surface area contributed by atoms with Gasteiger partial charge in [-0.15, -0.1) is 6.42 Å². The Morgan fingerprint density at radius 3 is 2.93 bits per heavy atom. The molecular formula is C11H11BrClN. The standard InChI is InChI=1S/C11H11BrClN/c1-3-8(2)14-7-9-4-5-10(12)6-11(9)13/h1,4-6,8,14H,7H2,2H3. The topological polar surface area (TPSA) is 12.0 Å². The van der Waals surface area contributed by atoms with E-state index < -0.39 is 0 Å². The quantitative estimate of drug-likeness (QED) is 0.833. The number of hydrogen-bond acceptors (Lipinski definition) is 1. The highest BCUT2D eigenvalue weighted by atomic mass is 79.9. The van der Waals surface area contributed by atoms with Crippen LogP contribution in [0.5, 0.6) is 0 Å². The van der Waals surface area contributed by atoms with Gasteiger partial charge in [0.25, 0.3) is 0 Å². The van der Waals surface area contributed by atoms with Crippen molar-refractivity contribution in [3.8, 4) is 12.3 Å². The number of halogens is 2. The van der Waals surface area contributed by atoms with Crippen LogP contribution in [0.15, 0.2) is 22.7 Å². The molecule has 0 spiro atoms. The van der Waals surface area contributed by atoms with E-state index >= 15 is 0 Å². The zero-order chi connectivity index (χ0) is 10.6. The van der Waals surface area contributed by atoms with E-state index in [0.717, 1.165) is 15.1 Å². The van der Waals surface area contributed by atoms with Crippen molar-refractivity contribution in [1.82, 2.24) is 5.32 Å². The predicted octanol–water partition coefficient (Wildman–Crippen LogP) is 3.21. The van der Waals surface area contributed by atoms with Crippen molar-refractivity contribution < 1.29 is 0 Å². The van der Waals surface area contributed by atoms with Gasteiger partial charge in [0, 0.05) is 16.0 Å². The van der Waals surface area contributed by atoms with Gasteiger partial charge in [0.1, 0.15) is 0 Å². The Bertz CT molecular complexity index is 357. The summed E-state index contributed by atoms with van der Waals surface area (Å²) in [7, 11) is 0. The maximum atomic E-state index is 6.03. The van der Waals surface area contributed by atoms with Crippen molar-refractivity contribution in [2.45, 2.75) is 19.5 Å². The van der Waals surface area contributed by atoms with E-state index in [4.69, 9.17) is 18.0 Å². The highest BCUT2D eigenvalue weighted by molar-refractivity contribution is 9.10. The highest BCUT2D eigenvalue weighted by Gasteiger charge is 2.02. The molecule has 14 heavy (non-hydrogen) atoms. The number of terminal acetylenes is 1. The van der Waals surface area contributed by atoms with Crippen LogP contribution in [-0.2, 0) is 6.54 Å². The van der Waals surface area contributed by atoms with E-state index in [2.05, 4.69) is 27.2 Å². The van der Waals surface area contributed by atoms with Crippen molar-refractivity contribution in [1.29, 1.82) is 0 Å². The Hall–Kier alpha value is -0.490. The molecule has 1 atom stereocenters. The lowest BCUT2D eigenvalue weighted by atomic mass is 10.2. The molecule has 1 nitrogen and oxygen atoms in total. The first-order valence-corrected chi connectivity index (χ1v) is 5.44. The van der Waals surface area contributed by atoms with Gasteiger partial charge in [-0.2, -0.15) is 0 Å². The van der Waals surface area contributed by atoms with E-state index in [1.54, 1.807) is 0 Å². The fourth-order valence-electron chi connectivity index (χ4n) is 0.987. The van der Waals surface area contributed by atoms with Crippen LogP contribution < -0.4 is 5.32 Å². The summed E-state index contributed by atoms with van der Waals surface area (Å²) < 4.78 is 0.983. The molecule has 1 aromatic rings. The highest BCUT2D eigenvalue weighted by Crippen LogP contribution is 2.21. The van der Waals surface area contributed by atoms with E-state index in [0.29, 0.717) is 6.54 Å². The van der Waals surface area contributed by atoms with Gasteiger partial charge in [0.2, 0.25) is 0 Å². The molecular weight excluding hydrogens is 261 g/mol. The van der Waals surface area contributed by atoms with Crippen molar-refractivity contribution in [3.05, 3.63) is 33.3 Å². The molecule has 1 rings (SSSR count). The van der Waals surface area contributed by atoms with E-state index in [9.17, 15) is 0 Å². The van der Waals surface area contributed by atoms with Crippen LogP contribution in [0.3, 0.4) is 0 Å². The van der Waals surface area contributed by atoms with Crippen LogP contribution >= 0.6 is 27.5 Å². The van der Waals surface area contributed by atoms with Gasteiger partial charge in [0.05, 0.1) is 6.04 Å². The molecule has 0 heterocycles. The fraction of sp³-hybridized carbons (Fsp3) is 0.273. The molecule has 0 radical (unpaired) electrons. The van der Waals surface area contributed by atoms with Crippen LogP contribution in [0.25, 0.3) is 0 Å². The molecule has 0 aliphatic carbocycles. The van der Waals surface area contributed by atoms with Gasteiger partial charge >= 0.3 is 0 Å². The van der Waals surface area contributed by atoms with Gasteiger partial charge in [-0.25, -0.2) is 0 Å². The summed E-state index contributed by atoms with van der Waals surface area (Å²) in [5, 5.41) is 3.92. The van der Waals surface area contributed by atoms with Crippen LogP contribution in [0, 0.1) is 12.3 Å². The van der Waals surface area contributed by atoms with Gasteiger partial charge in [-0.05, 0) is 24.6 Å². The van der Waals surface area contributed by atoms with Crippen LogP contribution in [0.1, 0.15) is 12.5 Å². The second-order valence-electron chi connectivity index (χ2n) is 3.00. The van der Waals surface area contributed by atoms with Gasteiger partial charge in [0.15, 0.2) is 0 Å². The fourth-order valence-corrected chi connectivity index (χ4v) is 1.73. The third-order valence-electron chi connectivity index (χ3n) is 1.86. The third-order valence-corrected chi connectivity index (χ3v) is 2.71. The lowest BCUT2D eigenvalue weighted by molar-refractivity contribution is 0.648. The predicted molar refractivity (Wildman–Crippen MR) is 64.3 cm³/mol. The molecule has 1 N–H and O–H groups in total. The number of nitrogens with one attached hydrogen (secondary N) is 1. The SMILES string of the molecule is C#CC(C)NCc1ccc(Br)cc1Cl. The molecule has 0 aromatic heterocycles. The van der Waals surface area contributed by atoms with Crippen LogP contribution in [0.4, 0.5) is 0 Å². The number of hydrogen-bond donors (Lipinski definition) is 1. The van der Waals surface area contributed by atoms with Gasteiger partial charge in [-0.3, -0.25) is 5.32 Å². The van der Waals surface area contributed by atoms with Crippen molar-refractivity contribution in [3.63, 3.8) is 0 Å². The second kappa shape index (κ2) is 5.41. The molecule has 0 aliphatic heterocycles. The molecule has 3 heteroatoms. The third kappa shape index (κ3) is 3.34. The van der Waals surface area contributed by atoms with E-state index in [1.807, 2.05) is 25.1 Å². The Morgan fingerprint density at radius 2 is 2.36 bits per heavy atom. The molecule has 0 saturated heterocycles. The Kier molecular flexibility index (Phi) is 4.47. The first kappa shape index (κ1) is 11.6. The summed E-state index contributed by atoms with van der Waals surface area (Å²) in [6.45, 7) is 2.63. The summed E-state index contributed by atoms with van der Waals surface area (Å²) in [6.07, 6.45) is 5.25. The average molecular weight is 273 g/mol. The molecule has 74 valence electrons. The summed E-state index contributed by atoms with van der Waals surface area (Å²) in [4.78, 5) is 0. The maximum Gasteiger partial charge on any atom is 0.0660 e. The zero-order valence-corrected chi connectivity index (χ0v) is 10.2. The average Bonchev–Trinajstić information content (AvgIpc) is 2.16. The van der Waals surface area contributed by atoms with E-state index in [-0.39, 0.29) is 6.04 Å². The molecule has 0 amide bonds. The molecule has 0 fully saturated rings. The minimum atomic E-state index is 0.0645.